The van der Waals surface area contributed by atoms with Gasteiger partial charge in [-0.25, -0.2) is 4.39 Å². The molecular formula is C13H19FN2O2S. The molecule has 1 aromatic rings. The SMILES string of the molecule is CC(O)C(C)SCCC(=O)Nc1ccc(F)cc1N. The number of thioether (sulfide) groups is 1. The summed E-state index contributed by atoms with van der Waals surface area (Å²) in [7, 11) is 0. The molecule has 4 N–H and O–H groups in total. The first kappa shape index (κ1) is 15.8. The van der Waals surface area contributed by atoms with Crippen LogP contribution >= 0.6 is 11.8 Å². The van der Waals surface area contributed by atoms with Crippen LogP contribution in [0.5, 0.6) is 0 Å². The van der Waals surface area contributed by atoms with Crippen LogP contribution < -0.4 is 11.1 Å². The number of halogens is 1. The lowest BCUT2D eigenvalue weighted by Gasteiger charge is -2.13. The average Bonchev–Trinajstić information content (AvgIpc) is 2.32. The average molecular weight is 286 g/mol. The molecule has 0 fully saturated rings. The Morgan fingerprint density at radius 3 is 2.79 bits per heavy atom. The Morgan fingerprint density at radius 1 is 1.53 bits per heavy atom. The smallest absolute Gasteiger partial charge is 0.225 e. The van der Waals surface area contributed by atoms with Gasteiger partial charge in [-0.2, -0.15) is 11.8 Å². The van der Waals surface area contributed by atoms with Crippen LogP contribution in [0.2, 0.25) is 0 Å². The number of nitrogen functional groups attached to an aromatic ring is 1. The minimum atomic E-state index is -0.434. The van der Waals surface area contributed by atoms with E-state index in [0.717, 1.165) is 0 Å². The zero-order valence-electron chi connectivity index (χ0n) is 11.0. The van der Waals surface area contributed by atoms with Crippen LogP contribution in [-0.4, -0.2) is 28.1 Å². The first-order chi connectivity index (χ1) is 8.90. The fourth-order valence-electron chi connectivity index (χ4n) is 1.34. The molecule has 2 unspecified atom stereocenters. The summed E-state index contributed by atoms with van der Waals surface area (Å²) in [6.45, 7) is 3.63. The Balaban J connectivity index is 2.39. The molecule has 1 rings (SSSR count). The van der Waals surface area contributed by atoms with Crippen molar-refractivity contribution in [1.29, 1.82) is 0 Å². The Kier molecular flexibility index (Phi) is 6.11. The van der Waals surface area contributed by atoms with E-state index in [1.165, 1.54) is 30.0 Å². The van der Waals surface area contributed by atoms with Crippen LogP contribution in [0.4, 0.5) is 15.8 Å². The zero-order chi connectivity index (χ0) is 14.4. The molecule has 0 bridgehead atoms. The van der Waals surface area contributed by atoms with Crippen LogP contribution in [-0.2, 0) is 4.79 Å². The number of hydrogen-bond donors (Lipinski definition) is 3. The maximum atomic E-state index is 12.8. The summed E-state index contributed by atoms with van der Waals surface area (Å²) >= 11 is 1.53. The Bertz CT molecular complexity index is 441. The van der Waals surface area contributed by atoms with Gasteiger partial charge >= 0.3 is 0 Å². The number of amides is 1. The largest absolute Gasteiger partial charge is 0.397 e. The Morgan fingerprint density at radius 2 is 2.21 bits per heavy atom. The second kappa shape index (κ2) is 7.35. The van der Waals surface area contributed by atoms with Crippen molar-refractivity contribution < 1.29 is 14.3 Å². The lowest BCUT2D eigenvalue weighted by molar-refractivity contribution is -0.115. The Hall–Kier alpha value is -1.27. The number of carbonyl (C=O) groups is 1. The maximum Gasteiger partial charge on any atom is 0.225 e. The van der Waals surface area contributed by atoms with Crippen molar-refractivity contribution in [3.05, 3.63) is 24.0 Å². The lowest BCUT2D eigenvalue weighted by Crippen LogP contribution is -2.18. The van der Waals surface area contributed by atoms with E-state index in [4.69, 9.17) is 5.73 Å². The van der Waals surface area contributed by atoms with Crippen molar-refractivity contribution in [2.45, 2.75) is 31.6 Å². The first-order valence-electron chi connectivity index (χ1n) is 6.04. The van der Waals surface area contributed by atoms with Crippen molar-refractivity contribution in [2.75, 3.05) is 16.8 Å². The number of aliphatic hydroxyl groups is 1. The van der Waals surface area contributed by atoms with Crippen molar-refractivity contribution in [1.82, 2.24) is 0 Å². The molecule has 0 aliphatic carbocycles. The van der Waals surface area contributed by atoms with Gasteiger partial charge in [-0.3, -0.25) is 4.79 Å². The van der Waals surface area contributed by atoms with Gasteiger partial charge in [0.2, 0.25) is 5.91 Å². The molecule has 0 aliphatic rings. The topological polar surface area (TPSA) is 75.3 Å². The number of aliphatic hydroxyl groups excluding tert-OH is 1. The minimum Gasteiger partial charge on any atom is -0.397 e. The fraction of sp³-hybridized carbons (Fsp3) is 0.462. The number of nitrogens with one attached hydrogen (secondary N) is 1. The van der Waals surface area contributed by atoms with E-state index in [2.05, 4.69) is 5.32 Å². The second-order valence-electron chi connectivity index (χ2n) is 4.35. The van der Waals surface area contributed by atoms with E-state index in [-0.39, 0.29) is 16.8 Å². The molecule has 19 heavy (non-hydrogen) atoms. The van der Waals surface area contributed by atoms with Gasteiger partial charge in [-0.15, -0.1) is 0 Å². The molecule has 0 aliphatic heterocycles. The van der Waals surface area contributed by atoms with E-state index < -0.39 is 11.9 Å². The van der Waals surface area contributed by atoms with E-state index in [0.29, 0.717) is 17.9 Å². The summed E-state index contributed by atoms with van der Waals surface area (Å²) in [6.07, 6.45) is -0.0840. The molecule has 0 radical (unpaired) electrons. The molecule has 4 nitrogen and oxygen atoms in total. The summed E-state index contributed by atoms with van der Waals surface area (Å²) in [4.78, 5) is 11.7. The molecule has 0 saturated carbocycles. The van der Waals surface area contributed by atoms with Gasteiger partial charge in [-0.05, 0) is 25.1 Å². The third-order valence-corrected chi connectivity index (χ3v) is 4.04. The van der Waals surface area contributed by atoms with Gasteiger partial charge in [0, 0.05) is 17.4 Å². The lowest BCUT2D eigenvalue weighted by atomic mass is 10.2. The fourth-order valence-corrected chi connectivity index (χ4v) is 2.29. The first-order valence-corrected chi connectivity index (χ1v) is 7.09. The van der Waals surface area contributed by atoms with E-state index >= 15 is 0 Å². The molecule has 1 amide bonds. The molecule has 1 aromatic carbocycles. The highest BCUT2D eigenvalue weighted by molar-refractivity contribution is 7.99. The van der Waals surface area contributed by atoms with Crippen LogP contribution in [0.25, 0.3) is 0 Å². The number of hydrogen-bond acceptors (Lipinski definition) is 4. The monoisotopic (exact) mass is 286 g/mol. The predicted octanol–water partition coefficient (Wildman–Crippen LogP) is 2.24. The number of benzene rings is 1. The molecule has 0 heterocycles. The standard InChI is InChI=1S/C13H19FN2O2S/c1-8(17)9(2)19-6-5-13(18)16-12-4-3-10(14)7-11(12)15/h3-4,7-9,17H,5-6,15H2,1-2H3,(H,16,18). The molecule has 0 saturated heterocycles. The van der Waals surface area contributed by atoms with Gasteiger partial charge in [0.25, 0.3) is 0 Å². The van der Waals surface area contributed by atoms with Gasteiger partial charge < -0.3 is 16.2 Å². The van der Waals surface area contributed by atoms with E-state index in [9.17, 15) is 14.3 Å². The molecule has 0 aromatic heterocycles. The third kappa shape index (κ3) is 5.48. The number of anilines is 2. The quantitative estimate of drug-likeness (QED) is 0.701. The number of rotatable bonds is 6. The normalized spacial score (nSPS) is 13.9. The highest BCUT2D eigenvalue weighted by Gasteiger charge is 2.11. The Labute approximate surface area is 116 Å². The molecular weight excluding hydrogens is 267 g/mol. The maximum absolute atomic E-state index is 12.8. The van der Waals surface area contributed by atoms with Gasteiger partial charge in [0.05, 0.1) is 17.5 Å². The molecule has 0 spiro atoms. The molecule has 2 atom stereocenters. The van der Waals surface area contributed by atoms with E-state index in [1.54, 1.807) is 6.92 Å². The van der Waals surface area contributed by atoms with Crippen molar-refractivity contribution in [3.8, 4) is 0 Å². The zero-order valence-corrected chi connectivity index (χ0v) is 11.8. The summed E-state index contributed by atoms with van der Waals surface area (Å²) in [5.74, 6) is -0.000610. The highest BCUT2D eigenvalue weighted by atomic mass is 32.2. The minimum absolute atomic E-state index is 0.0868. The third-order valence-electron chi connectivity index (χ3n) is 2.68. The summed E-state index contributed by atoms with van der Waals surface area (Å²) in [5.41, 5.74) is 6.22. The van der Waals surface area contributed by atoms with Crippen LogP contribution in [0.15, 0.2) is 18.2 Å². The number of carbonyl (C=O) groups excluding carboxylic acids is 1. The van der Waals surface area contributed by atoms with E-state index in [1.807, 2.05) is 6.92 Å². The number of nitrogens with two attached hydrogens (primary N) is 1. The highest BCUT2D eigenvalue weighted by Crippen LogP contribution is 2.20. The predicted molar refractivity (Wildman–Crippen MR) is 77.7 cm³/mol. The van der Waals surface area contributed by atoms with Gasteiger partial charge in [0.1, 0.15) is 5.82 Å². The molecule has 6 heteroatoms. The van der Waals surface area contributed by atoms with Crippen molar-refractivity contribution in [2.24, 2.45) is 0 Å². The summed E-state index contributed by atoms with van der Waals surface area (Å²) in [5, 5.41) is 12.0. The van der Waals surface area contributed by atoms with Crippen LogP contribution in [0.3, 0.4) is 0 Å². The second-order valence-corrected chi connectivity index (χ2v) is 5.83. The summed E-state index contributed by atoms with van der Waals surface area (Å²) in [6, 6.07) is 3.85. The molecule has 106 valence electrons. The van der Waals surface area contributed by atoms with Crippen LogP contribution in [0.1, 0.15) is 20.3 Å². The van der Waals surface area contributed by atoms with Crippen molar-refractivity contribution >= 4 is 29.0 Å². The van der Waals surface area contributed by atoms with Gasteiger partial charge in [-0.1, -0.05) is 6.92 Å². The summed E-state index contributed by atoms with van der Waals surface area (Å²) < 4.78 is 12.8. The van der Waals surface area contributed by atoms with Gasteiger partial charge in [0.15, 0.2) is 0 Å². The van der Waals surface area contributed by atoms with Crippen LogP contribution in [0, 0.1) is 5.82 Å². The van der Waals surface area contributed by atoms with Crippen molar-refractivity contribution in [3.63, 3.8) is 0 Å².